The molecule has 0 atom stereocenters. The maximum Gasteiger partial charge on any atom is 0.232 e. The molecule has 0 saturated heterocycles. The van der Waals surface area contributed by atoms with E-state index in [0.717, 1.165) is 18.8 Å². The summed E-state index contributed by atoms with van der Waals surface area (Å²) in [6.45, 7) is 4.51. The molecule has 1 rings (SSSR count). The van der Waals surface area contributed by atoms with Crippen LogP contribution in [0.3, 0.4) is 0 Å². The zero-order valence-corrected chi connectivity index (χ0v) is 10.3. The molecule has 90 valence electrons. The first-order valence-electron chi connectivity index (χ1n) is 5.28. The van der Waals surface area contributed by atoms with Crippen LogP contribution in [-0.2, 0) is 10.0 Å². The first-order chi connectivity index (χ1) is 7.57. The molecule has 5 nitrogen and oxygen atoms in total. The van der Waals surface area contributed by atoms with Gasteiger partial charge in [0, 0.05) is 6.54 Å². The standard InChI is InChI=1S/C10H17N3O2S/c1-3-7-11-10-6-5-9(8-12-10)13-16(14,15)4-2/h5-6,8,13H,3-4,7H2,1-2H3,(H,11,12). The number of nitrogens with zero attached hydrogens (tertiary/aromatic N) is 1. The van der Waals surface area contributed by atoms with E-state index in [1.807, 2.05) is 0 Å². The van der Waals surface area contributed by atoms with Crippen LogP contribution in [0.15, 0.2) is 18.3 Å². The number of hydrogen-bond acceptors (Lipinski definition) is 4. The number of nitrogens with one attached hydrogen (secondary N) is 2. The molecule has 1 aromatic rings. The molecular weight excluding hydrogens is 226 g/mol. The van der Waals surface area contributed by atoms with E-state index in [0.29, 0.717) is 5.69 Å². The van der Waals surface area contributed by atoms with Crippen molar-refractivity contribution < 1.29 is 8.42 Å². The largest absolute Gasteiger partial charge is 0.370 e. The summed E-state index contributed by atoms with van der Waals surface area (Å²) in [5.74, 6) is 0.810. The summed E-state index contributed by atoms with van der Waals surface area (Å²) in [6.07, 6.45) is 2.52. The summed E-state index contributed by atoms with van der Waals surface area (Å²) >= 11 is 0. The van der Waals surface area contributed by atoms with Crippen LogP contribution in [0.4, 0.5) is 11.5 Å². The molecule has 0 aliphatic rings. The number of sulfonamides is 1. The lowest BCUT2D eigenvalue weighted by molar-refractivity contribution is 0.602. The first-order valence-corrected chi connectivity index (χ1v) is 6.93. The van der Waals surface area contributed by atoms with E-state index in [1.54, 1.807) is 19.1 Å². The van der Waals surface area contributed by atoms with E-state index in [4.69, 9.17) is 0 Å². The quantitative estimate of drug-likeness (QED) is 0.797. The monoisotopic (exact) mass is 243 g/mol. The average Bonchev–Trinajstić information content (AvgIpc) is 2.28. The molecular formula is C10H17N3O2S. The number of rotatable bonds is 6. The van der Waals surface area contributed by atoms with Crippen LogP contribution in [0.5, 0.6) is 0 Å². The van der Waals surface area contributed by atoms with Gasteiger partial charge in [0.25, 0.3) is 0 Å². The molecule has 16 heavy (non-hydrogen) atoms. The molecule has 1 heterocycles. The van der Waals surface area contributed by atoms with Gasteiger partial charge >= 0.3 is 0 Å². The smallest absolute Gasteiger partial charge is 0.232 e. The number of pyridine rings is 1. The highest BCUT2D eigenvalue weighted by Crippen LogP contribution is 2.11. The molecule has 2 N–H and O–H groups in total. The van der Waals surface area contributed by atoms with Crippen molar-refractivity contribution in [3.05, 3.63) is 18.3 Å². The molecule has 0 bridgehead atoms. The summed E-state index contributed by atoms with van der Waals surface area (Å²) in [5, 5.41) is 3.11. The Hall–Kier alpha value is -1.30. The maximum atomic E-state index is 11.3. The van der Waals surface area contributed by atoms with Gasteiger partial charge in [-0.25, -0.2) is 13.4 Å². The fourth-order valence-corrected chi connectivity index (χ4v) is 1.69. The molecule has 0 unspecified atom stereocenters. The number of anilines is 2. The van der Waals surface area contributed by atoms with Gasteiger partial charge < -0.3 is 5.32 Å². The summed E-state index contributed by atoms with van der Waals surface area (Å²) < 4.78 is 25.0. The highest BCUT2D eigenvalue weighted by Gasteiger charge is 2.06. The Morgan fingerprint density at radius 3 is 2.56 bits per heavy atom. The van der Waals surface area contributed by atoms with Gasteiger partial charge in [-0.15, -0.1) is 0 Å². The van der Waals surface area contributed by atoms with Crippen molar-refractivity contribution in [1.82, 2.24) is 4.98 Å². The van der Waals surface area contributed by atoms with Crippen LogP contribution in [0.2, 0.25) is 0 Å². The predicted octanol–water partition coefficient (Wildman–Crippen LogP) is 1.67. The lowest BCUT2D eigenvalue weighted by atomic mass is 10.4. The van der Waals surface area contributed by atoms with Gasteiger partial charge in [0.2, 0.25) is 10.0 Å². The van der Waals surface area contributed by atoms with E-state index in [2.05, 4.69) is 21.9 Å². The van der Waals surface area contributed by atoms with Crippen molar-refractivity contribution >= 4 is 21.5 Å². The van der Waals surface area contributed by atoms with Gasteiger partial charge in [-0.2, -0.15) is 0 Å². The van der Waals surface area contributed by atoms with Crippen LogP contribution in [0.25, 0.3) is 0 Å². The lowest BCUT2D eigenvalue weighted by Crippen LogP contribution is -2.14. The van der Waals surface area contributed by atoms with Crippen molar-refractivity contribution in [2.75, 3.05) is 22.3 Å². The number of aromatic nitrogens is 1. The average molecular weight is 243 g/mol. The van der Waals surface area contributed by atoms with Crippen molar-refractivity contribution in [2.45, 2.75) is 20.3 Å². The zero-order valence-electron chi connectivity index (χ0n) is 9.53. The second-order valence-corrected chi connectivity index (χ2v) is 5.38. The van der Waals surface area contributed by atoms with Gasteiger partial charge in [0.1, 0.15) is 5.82 Å². The van der Waals surface area contributed by atoms with E-state index < -0.39 is 10.0 Å². The molecule has 0 spiro atoms. The molecule has 0 aliphatic carbocycles. The Morgan fingerprint density at radius 1 is 1.31 bits per heavy atom. The van der Waals surface area contributed by atoms with Crippen molar-refractivity contribution in [3.63, 3.8) is 0 Å². The third-order valence-electron chi connectivity index (χ3n) is 1.97. The van der Waals surface area contributed by atoms with Gasteiger partial charge in [0.05, 0.1) is 17.6 Å². The van der Waals surface area contributed by atoms with E-state index in [1.165, 1.54) is 6.20 Å². The molecule has 0 radical (unpaired) electrons. The molecule has 0 amide bonds. The predicted molar refractivity (Wildman–Crippen MR) is 66.1 cm³/mol. The summed E-state index contributed by atoms with van der Waals surface area (Å²) in [4.78, 5) is 4.10. The Morgan fingerprint density at radius 2 is 2.06 bits per heavy atom. The molecule has 0 aliphatic heterocycles. The fourth-order valence-electron chi connectivity index (χ4n) is 1.06. The van der Waals surface area contributed by atoms with Crippen molar-refractivity contribution in [3.8, 4) is 0 Å². The maximum absolute atomic E-state index is 11.3. The highest BCUT2D eigenvalue weighted by molar-refractivity contribution is 7.92. The lowest BCUT2D eigenvalue weighted by Gasteiger charge is -2.07. The summed E-state index contributed by atoms with van der Waals surface area (Å²) in [5.41, 5.74) is 0.490. The normalized spacial score (nSPS) is 11.1. The van der Waals surface area contributed by atoms with Gasteiger partial charge in [-0.05, 0) is 25.5 Å². The minimum atomic E-state index is -3.21. The number of hydrogen-bond donors (Lipinski definition) is 2. The van der Waals surface area contributed by atoms with Crippen molar-refractivity contribution in [1.29, 1.82) is 0 Å². The summed E-state index contributed by atoms with van der Waals surface area (Å²) in [7, 11) is -3.21. The molecule has 6 heteroatoms. The Bertz CT molecular complexity index is 414. The second kappa shape index (κ2) is 5.69. The second-order valence-electron chi connectivity index (χ2n) is 3.36. The van der Waals surface area contributed by atoms with Crippen LogP contribution >= 0.6 is 0 Å². The van der Waals surface area contributed by atoms with Crippen LogP contribution in [-0.4, -0.2) is 25.7 Å². The van der Waals surface area contributed by atoms with Crippen LogP contribution < -0.4 is 10.0 Å². The molecule has 0 aromatic carbocycles. The van der Waals surface area contributed by atoms with Crippen LogP contribution in [0.1, 0.15) is 20.3 Å². The summed E-state index contributed by atoms with van der Waals surface area (Å²) in [6, 6.07) is 3.45. The van der Waals surface area contributed by atoms with E-state index >= 15 is 0 Å². The minimum absolute atomic E-state index is 0.0584. The van der Waals surface area contributed by atoms with Gasteiger partial charge in [0.15, 0.2) is 0 Å². The minimum Gasteiger partial charge on any atom is -0.370 e. The van der Waals surface area contributed by atoms with Crippen molar-refractivity contribution in [2.24, 2.45) is 0 Å². The molecule has 0 fully saturated rings. The Labute approximate surface area is 96.3 Å². The highest BCUT2D eigenvalue weighted by atomic mass is 32.2. The fraction of sp³-hybridized carbons (Fsp3) is 0.500. The van der Waals surface area contributed by atoms with Gasteiger partial charge in [-0.3, -0.25) is 4.72 Å². The SMILES string of the molecule is CCCNc1ccc(NS(=O)(=O)CC)cn1. The Kier molecular flexibility index (Phi) is 4.54. The van der Waals surface area contributed by atoms with Crippen LogP contribution in [0, 0.1) is 0 Å². The third-order valence-corrected chi connectivity index (χ3v) is 3.28. The zero-order chi connectivity index (χ0) is 12.0. The molecule has 1 aromatic heterocycles. The van der Waals surface area contributed by atoms with E-state index in [-0.39, 0.29) is 5.75 Å². The van der Waals surface area contributed by atoms with Gasteiger partial charge in [-0.1, -0.05) is 6.92 Å². The Balaban J connectivity index is 2.65. The topological polar surface area (TPSA) is 71.1 Å². The first kappa shape index (κ1) is 12.8. The third kappa shape index (κ3) is 4.06. The van der Waals surface area contributed by atoms with E-state index in [9.17, 15) is 8.42 Å². The molecule has 0 saturated carbocycles.